The van der Waals surface area contributed by atoms with Gasteiger partial charge >= 0.3 is 0 Å². The third-order valence-electron chi connectivity index (χ3n) is 4.29. The number of halogens is 2. The fourth-order valence-electron chi connectivity index (χ4n) is 3.23. The molecule has 0 fully saturated rings. The molecule has 4 aromatic rings. The molecule has 6 nitrogen and oxygen atoms in total. The van der Waals surface area contributed by atoms with Crippen LogP contribution in [0.15, 0.2) is 33.2 Å². The maximum atomic E-state index is 14.6. The average Bonchev–Trinajstić information content (AvgIpc) is 3.08. The van der Waals surface area contributed by atoms with Crippen molar-refractivity contribution in [2.75, 3.05) is 24.2 Å². The van der Waals surface area contributed by atoms with Crippen LogP contribution in [0, 0.1) is 5.82 Å². The predicted octanol–water partition coefficient (Wildman–Crippen LogP) is 4.26. The van der Waals surface area contributed by atoms with Gasteiger partial charge in [0.25, 0.3) is 6.01 Å². The summed E-state index contributed by atoms with van der Waals surface area (Å²) in [7, 11) is 0. The molecule has 4 N–H and O–H groups in total. The van der Waals surface area contributed by atoms with Crippen LogP contribution < -0.4 is 15.8 Å². The largest absolute Gasteiger partial charge is 0.491 e. The quantitative estimate of drug-likeness (QED) is 0.442. The van der Waals surface area contributed by atoms with Crippen molar-refractivity contribution >= 4 is 49.6 Å². The summed E-state index contributed by atoms with van der Waals surface area (Å²) in [6.45, 7) is 1.12. The van der Waals surface area contributed by atoms with Gasteiger partial charge in [-0.2, -0.15) is 4.98 Å². The molecule has 0 saturated carbocycles. The number of aromatic nitrogens is 2. The van der Waals surface area contributed by atoms with Crippen molar-refractivity contribution in [1.82, 2.24) is 9.97 Å². The van der Waals surface area contributed by atoms with E-state index in [0.717, 1.165) is 16.9 Å². The first-order chi connectivity index (χ1) is 12.1. The number of anilines is 2. The van der Waals surface area contributed by atoms with Crippen LogP contribution >= 0.6 is 15.9 Å². The summed E-state index contributed by atoms with van der Waals surface area (Å²) >= 11 is 3.25. The summed E-state index contributed by atoms with van der Waals surface area (Å²) < 4.78 is 26.1. The molecule has 0 amide bonds. The van der Waals surface area contributed by atoms with Crippen molar-refractivity contribution in [2.24, 2.45) is 0 Å². The first kappa shape index (κ1) is 14.6. The van der Waals surface area contributed by atoms with E-state index in [1.165, 1.54) is 0 Å². The average molecular weight is 403 g/mol. The second-order valence-electron chi connectivity index (χ2n) is 5.81. The smallest absolute Gasteiger partial charge is 0.292 e. The SMILES string of the molecule is Nc1nc2cc(-c3[nH]c4c(F)c(Br)cc5c4c3NCCO5)ccc2o1. The number of nitrogens with one attached hydrogen (secondary N) is 2. The number of oxazole rings is 1. The highest BCUT2D eigenvalue weighted by Gasteiger charge is 2.23. The van der Waals surface area contributed by atoms with Crippen LogP contribution in [0.5, 0.6) is 5.75 Å². The number of rotatable bonds is 1. The van der Waals surface area contributed by atoms with Crippen molar-refractivity contribution in [1.29, 1.82) is 0 Å². The number of H-pyrrole nitrogens is 1. The Kier molecular flexibility index (Phi) is 2.99. The van der Waals surface area contributed by atoms with Crippen LogP contribution in [0.3, 0.4) is 0 Å². The van der Waals surface area contributed by atoms with E-state index in [1.807, 2.05) is 12.1 Å². The van der Waals surface area contributed by atoms with Crippen molar-refractivity contribution in [3.8, 4) is 17.0 Å². The molecule has 0 atom stereocenters. The Balaban J connectivity index is 1.82. The molecule has 0 saturated heterocycles. The van der Waals surface area contributed by atoms with Crippen LogP contribution in [0.25, 0.3) is 33.3 Å². The number of ether oxygens (including phenoxy) is 1. The van der Waals surface area contributed by atoms with E-state index in [-0.39, 0.29) is 11.8 Å². The van der Waals surface area contributed by atoms with E-state index in [9.17, 15) is 4.39 Å². The molecule has 1 aliphatic rings. The molecular weight excluding hydrogens is 391 g/mol. The fraction of sp³-hybridized carbons (Fsp3) is 0.118. The Labute approximate surface area is 149 Å². The third-order valence-corrected chi connectivity index (χ3v) is 4.86. The lowest BCUT2D eigenvalue weighted by Crippen LogP contribution is -2.08. The molecule has 126 valence electrons. The van der Waals surface area contributed by atoms with E-state index in [1.54, 1.807) is 12.1 Å². The van der Waals surface area contributed by atoms with Crippen LogP contribution in [0.2, 0.25) is 0 Å². The van der Waals surface area contributed by atoms with Gasteiger partial charge in [0.2, 0.25) is 0 Å². The molecule has 1 aliphatic heterocycles. The molecule has 0 radical (unpaired) electrons. The highest BCUT2D eigenvalue weighted by atomic mass is 79.9. The minimum Gasteiger partial charge on any atom is -0.491 e. The van der Waals surface area contributed by atoms with Gasteiger partial charge in [0, 0.05) is 12.1 Å². The topological polar surface area (TPSA) is 89.1 Å². The van der Waals surface area contributed by atoms with Crippen molar-refractivity contribution in [2.45, 2.75) is 0 Å². The maximum Gasteiger partial charge on any atom is 0.292 e. The van der Waals surface area contributed by atoms with Gasteiger partial charge in [-0.25, -0.2) is 4.39 Å². The van der Waals surface area contributed by atoms with E-state index in [0.29, 0.717) is 45.4 Å². The van der Waals surface area contributed by atoms with Gasteiger partial charge < -0.3 is 25.2 Å². The number of aromatic amines is 1. The lowest BCUT2D eigenvalue weighted by molar-refractivity contribution is 0.339. The second-order valence-corrected chi connectivity index (χ2v) is 6.66. The monoisotopic (exact) mass is 402 g/mol. The Bertz CT molecular complexity index is 1150. The van der Waals surface area contributed by atoms with E-state index >= 15 is 0 Å². The normalized spacial score (nSPS) is 13.7. The lowest BCUT2D eigenvalue weighted by Gasteiger charge is -2.06. The summed E-state index contributed by atoms with van der Waals surface area (Å²) in [6.07, 6.45) is 0. The van der Waals surface area contributed by atoms with Crippen molar-refractivity contribution < 1.29 is 13.5 Å². The molecule has 5 rings (SSSR count). The number of fused-ring (bicyclic) bond motifs is 1. The lowest BCUT2D eigenvalue weighted by atomic mass is 10.1. The summed E-state index contributed by atoms with van der Waals surface area (Å²) in [5.74, 6) is 0.280. The molecule has 25 heavy (non-hydrogen) atoms. The zero-order valence-electron chi connectivity index (χ0n) is 12.8. The third kappa shape index (κ3) is 2.10. The van der Waals surface area contributed by atoms with Crippen molar-refractivity contribution in [3.63, 3.8) is 0 Å². The number of nitrogen functional groups attached to an aromatic ring is 1. The maximum absolute atomic E-state index is 14.6. The summed E-state index contributed by atoms with van der Waals surface area (Å²) in [5, 5.41) is 4.03. The molecule has 0 unspecified atom stereocenters. The van der Waals surface area contributed by atoms with E-state index < -0.39 is 0 Å². The number of nitrogens with zero attached hydrogens (tertiary/aromatic N) is 1. The Hall–Kier alpha value is -2.74. The number of hydrogen-bond donors (Lipinski definition) is 3. The predicted molar refractivity (Wildman–Crippen MR) is 97.4 cm³/mol. The van der Waals surface area contributed by atoms with Crippen LogP contribution in [0.4, 0.5) is 16.1 Å². The Morgan fingerprint density at radius 1 is 1.28 bits per heavy atom. The molecule has 0 aliphatic carbocycles. The van der Waals surface area contributed by atoms with Gasteiger partial charge in [-0.05, 0) is 40.2 Å². The number of nitrogens with two attached hydrogens (primary N) is 1. The molecule has 0 bridgehead atoms. The minimum absolute atomic E-state index is 0.116. The first-order valence-corrected chi connectivity index (χ1v) is 8.48. The van der Waals surface area contributed by atoms with Crippen LogP contribution in [-0.2, 0) is 0 Å². The second kappa shape index (κ2) is 5.13. The molecule has 2 aromatic carbocycles. The summed E-state index contributed by atoms with van der Waals surface area (Å²) in [6, 6.07) is 7.32. The van der Waals surface area contributed by atoms with E-state index in [4.69, 9.17) is 14.9 Å². The van der Waals surface area contributed by atoms with Gasteiger partial charge in [-0.15, -0.1) is 0 Å². The standard InChI is InChI=1S/C17H12BrFN4O2/c18-8-6-11-12-15(13(8)19)23-14(16(12)21-3-4-24-11)7-1-2-10-9(5-7)22-17(20)25-10/h1-2,5-6,21,23H,3-4H2,(H2,20,22). The molecular formula is C17H12BrFN4O2. The first-order valence-electron chi connectivity index (χ1n) is 7.68. The highest BCUT2D eigenvalue weighted by Crippen LogP contribution is 2.44. The fourth-order valence-corrected chi connectivity index (χ4v) is 3.63. The van der Waals surface area contributed by atoms with Gasteiger partial charge in [0.1, 0.15) is 17.9 Å². The van der Waals surface area contributed by atoms with Gasteiger partial charge in [-0.3, -0.25) is 0 Å². The molecule has 0 spiro atoms. The van der Waals surface area contributed by atoms with Gasteiger partial charge in [0.05, 0.1) is 26.8 Å². The molecule has 8 heteroatoms. The number of benzene rings is 2. The summed E-state index contributed by atoms with van der Waals surface area (Å²) in [5.41, 5.74) is 9.68. The summed E-state index contributed by atoms with van der Waals surface area (Å²) in [4.78, 5) is 7.34. The highest BCUT2D eigenvalue weighted by molar-refractivity contribution is 9.10. The minimum atomic E-state index is -0.356. The van der Waals surface area contributed by atoms with Gasteiger partial charge in [0.15, 0.2) is 11.4 Å². The zero-order chi connectivity index (χ0) is 17.1. The van der Waals surface area contributed by atoms with Crippen LogP contribution in [-0.4, -0.2) is 23.1 Å². The van der Waals surface area contributed by atoms with E-state index in [2.05, 4.69) is 31.2 Å². The Morgan fingerprint density at radius 3 is 3.04 bits per heavy atom. The van der Waals surface area contributed by atoms with Crippen molar-refractivity contribution in [3.05, 3.63) is 34.6 Å². The number of hydrogen-bond acceptors (Lipinski definition) is 5. The zero-order valence-corrected chi connectivity index (χ0v) is 14.4. The Morgan fingerprint density at radius 2 is 2.16 bits per heavy atom. The molecule has 2 aromatic heterocycles. The van der Waals surface area contributed by atoms with Crippen LogP contribution in [0.1, 0.15) is 0 Å². The molecule has 3 heterocycles. The van der Waals surface area contributed by atoms with Gasteiger partial charge in [-0.1, -0.05) is 0 Å².